The lowest BCUT2D eigenvalue weighted by molar-refractivity contribution is 0.119. The van der Waals surface area contributed by atoms with Crippen molar-refractivity contribution in [1.29, 1.82) is 0 Å². The Morgan fingerprint density at radius 1 is 0.909 bits per heavy atom. The van der Waals surface area contributed by atoms with E-state index in [9.17, 15) is 0 Å². The van der Waals surface area contributed by atoms with Crippen molar-refractivity contribution in [3.63, 3.8) is 0 Å². The van der Waals surface area contributed by atoms with Crippen LogP contribution in [-0.2, 0) is 17.9 Å². The van der Waals surface area contributed by atoms with Crippen molar-refractivity contribution in [1.82, 2.24) is 15.0 Å². The maximum Gasteiger partial charge on any atom is 0.108 e. The van der Waals surface area contributed by atoms with Gasteiger partial charge in [0.25, 0.3) is 0 Å². The molecule has 0 aliphatic rings. The van der Waals surface area contributed by atoms with Gasteiger partial charge in [-0.25, -0.2) is 0 Å². The lowest BCUT2D eigenvalue weighted by Gasteiger charge is -2.00. The van der Waals surface area contributed by atoms with Gasteiger partial charge in [0.2, 0.25) is 0 Å². The van der Waals surface area contributed by atoms with E-state index in [2.05, 4.69) is 24.2 Å². The van der Waals surface area contributed by atoms with E-state index >= 15 is 0 Å². The molecule has 1 aromatic heterocycles. The highest BCUT2D eigenvalue weighted by atomic mass is 16.5. The van der Waals surface area contributed by atoms with Crippen LogP contribution in [-0.4, -0.2) is 21.6 Å². The van der Waals surface area contributed by atoms with Gasteiger partial charge in [0.1, 0.15) is 5.69 Å². The van der Waals surface area contributed by atoms with Crippen LogP contribution in [0, 0.1) is 0 Å². The zero-order valence-electron chi connectivity index (χ0n) is 15.9. The fraction of sp³-hybridized carbons (Fsp3) is 0.889. The first-order valence-corrected chi connectivity index (χ1v) is 9.33. The summed E-state index contributed by atoms with van der Waals surface area (Å²) in [5.74, 6) is 0. The summed E-state index contributed by atoms with van der Waals surface area (Å²) in [6.45, 7) is 14.7. The molecule has 1 aromatic rings. The number of nitrogens with zero attached hydrogens (tertiary/aromatic N) is 3. The van der Waals surface area contributed by atoms with Gasteiger partial charge in [0.15, 0.2) is 0 Å². The maximum atomic E-state index is 5.44. The summed E-state index contributed by atoms with van der Waals surface area (Å²) in [4.78, 5) is 0. The van der Waals surface area contributed by atoms with Crippen molar-refractivity contribution < 1.29 is 4.74 Å². The molecule has 0 aliphatic carbocycles. The Hall–Kier alpha value is -0.900. The van der Waals surface area contributed by atoms with Crippen LogP contribution in [0.4, 0.5) is 0 Å². The lowest BCUT2D eigenvalue weighted by atomic mass is 10.1. The highest BCUT2D eigenvalue weighted by molar-refractivity contribution is 4.89. The summed E-state index contributed by atoms with van der Waals surface area (Å²) in [5, 5.41) is 8.22. The van der Waals surface area contributed by atoms with E-state index < -0.39 is 0 Å². The predicted molar refractivity (Wildman–Crippen MR) is 96.0 cm³/mol. The van der Waals surface area contributed by atoms with E-state index in [1.807, 2.05) is 38.6 Å². The number of aryl methyl sites for hydroxylation is 1. The topological polar surface area (TPSA) is 39.9 Å². The molecule has 0 radical (unpaired) electrons. The average molecular weight is 314 g/mol. The second kappa shape index (κ2) is 20.1. The van der Waals surface area contributed by atoms with Gasteiger partial charge < -0.3 is 4.74 Å². The van der Waals surface area contributed by atoms with Gasteiger partial charge in [-0.3, -0.25) is 4.68 Å². The Morgan fingerprint density at radius 3 is 2.18 bits per heavy atom. The molecule has 0 saturated carbocycles. The van der Waals surface area contributed by atoms with Crippen LogP contribution in [0.25, 0.3) is 0 Å². The largest absolute Gasteiger partial charge is 0.375 e. The van der Waals surface area contributed by atoms with Crippen LogP contribution < -0.4 is 0 Å². The zero-order chi connectivity index (χ0) is 17.1. The van der Waals surface area contributed by atoms with Crippen LogP contribution in [0.1, 0.15) is 92.2 Å². The van der Waals surface area contributed by atoms with Crippen molar-refractivity contribution in [3.05, 3.63) is 11.9 Å². The molecule has 1 rings (SSSR count). The highest BCUT2D eigenvalue weighted by Gasteiger charge is 2.00. The first-order valence-electron chi connectivity index (χ1n) is 9.33. The van der Waals surface area contributed by atoms with E-state index in [1.165, 1.54) is 38.5 Å². The second-order valence-corrected chi connectivity index (χ2v) is 4.79. The Labute approximate surface area is 138 Å². The SMILES string of the molecule is CC.CC.CCCCCCCCn1cc(COCCC)nn1. The van der Waals surface area contributed by atoms with Crippen molar-refractivity contribution >= 4 is 0 Å². The first kappa shape index (κ1) is 23.4. The molecule has 0 bridgehead atoms. The molecule has 0 fully saturated rings. The molecule has 132 valence electrons. The lowest BCUT2D eigenvalue weighted by Crippen LogP contribution is -1.98. The fourth-order valence-electron chi connectivity index (χ4n) is 1.89. The van der Waals surface area contributed by atoms with E-state index in [0.717, 1.165) is 25.3 Å². The number of hydrogen-bond acceptors (Lipinski definition) is 3. The molecular weight excluding hydrogens is 274 g/mol. The van der Waals surface area contributed by atoms with Gasteiger partial charge >= 0.3 is 0 Å². The standard InChI is InChI=1S/C14H27N3O.2C2H6/c1-3-5-6-7-8-9-10-17-12-14(15-16-17)13-18-11-4-2;2*1-2/h12H,3-11,13H2,1-2H3;2*1-2H3. The van der Waals surface area contributed by atoms with Crippen molar-refractivity contribution in [2.75, 3.05) is 6.61 Å². The Bertz CT molecular complexity index is 300. The molecule has 0 saturated heterocycles. The molecule has 4 heteroatoms. The highest BCUT2D eigenvalue weighted by Crippen LogP contribution is 2.06. The quantitative estimate of drug-likeness (QED) is 0.498. The summed E-state index contributed by atoms with van der Waals surface area (Å²) in [6.07, 6.45) is 10.9. The smallest absolute Gasteiger partial charge is 0.108 e. The van der Waals surface area contributed by atoms with Gasteiger partial charge in [-0.2, -0.15) is 0 Å². The van der Waals surface area contributed by atoms with Gasteiger partial charge in [0, 0.05) is 13.2 Å². The van der Waals surface area contributed by atoms with Crippen molar-refractivity contribution in [2.45, 2.75) is 99.6 Å². The summed E-state index contributed by atoms with van der Waals surface area (Å²) in [6, 6.07) is 0. The molecule has 1 heterocycles. The van der Waals surface area contributed by atoms with Crippen molar-refractivity contribution in [2.24, 2.45) is 0 Å². The molecule has 0 aliphatic heterocycles. The molecule has 0 aromatic carbocycles. The van der Waals surface area contributed by atoms with E-state index in [1.54, 1.807) is 0 Å². The van der Waals surface area contributed by atoms with Crippen LogP contribution >= 0.6 is 0 Å². The van der Waals surface area contributed by atoms with Gasteiger partial charge in [-0.1, -0.05) is 78.9 Å². The molecule has 0 unspecified atom stereocenters. The number of rotatable bonds is 11. The fourth-order valence-corrected chi connectivity index (χ4v) is 1.89. The van der Waals surface area contributed by atoms with Gasteiger partial charge in [-0.05, 0) is 12.8 Å². The minimum atomic E-state index is 0.588. The monoisotopic (exact) mass is 313 g/mol. The zero-order valence-corrected chi connectivity index (χ0v) is 15.9. The minimum absolute atomic E-state index is 0.588. The molecule has 0 N–H and O–H groups in total. The summed E-state index contributed by atoms with van der Waals surface area (Å²) in [5.41, 5.74) is 0.939. The molecule has 22 heavy (non-hydrogen) atoms. The molecule has 0 amide bonds. The van der Waals surface area contributed by atoms with E-state index in [0.29, 0.717) is 6.61 Å². The molecule has 4 nitrogen and oxygen atoms in total. The number of hydrogen-bond donors (Lipinski definition) is 0. The predicted octanol–water partition coefficient (Wildman–Crippen LogP) is 5.62. The Balaban J connectivity index is 0. The number of ether oxygens (including phenoxy) is 1. The number of aromatic nitrogens is 3. The average Bonchev–Trinajstić information content (AvgIpc) is 3.03. The van der Waals surface area contributed by atoms with E-state index in [4.69, 9.17) is 4.74 Å². The van der Waals surface area contributed by atoms with Crippen LogP contribution in [0.15, 0.2) is 6.20 Å². The Morgan fingerprint density at radius 2 is 1.55 bits per heavy atom. The summed E-state index contributed by atoms with van der Waals surface area (Å²) < 4.78 is 7.37. The third kappa shape index (κ3) is 14.1. The third-order valence-corrected chi connectivity index (χ3v) is 2.93. The number of unbranched alkanes of at least 4 members (excludes halogenated alkanes) is 5. The van der Waals surface area contributed by atoms with Gasteiger partial charge in [-0.15, -0.1) is 5.10 Å². The maximum absolute atomic E-state index is 5.44. The van der Waals surface area contributed by atoms with Crippen LogP contribution in [0.3, 0.4) is 0 Å². The summed E-state index contributed by atoms with van der Waals surface area (Å²) in [7, 11) is 0. The Kier molecular flexibility index (Phi) is 21.3. The van der Waals surface area contributed by atoms with E-state index in [-0.39, 0.29) is 0 Å². The second-order valence-electron chi connectivity index (χ2n) is 4.79. The molecular formula is C18H39N3O. The van der Waals surface area contributed by atoms with Crippen molar-refractivity contribution in [3.8, 4) is 0 Å². The van der Waals surface area contributed by atoms with Crippen LogP contribution in [0.5, 0.6) is 0 Å². The third-order valence-electron chi connectivity index (χ3n) is 2.93. The normalized spacial score (nSPS) is 9.55. The van der Waals surface area contributed by atoms with Crippen LogP contribution in [0.2, 0.25) is 0 Å². The first-order chi connectivity index (χ1) is 10.9. The minimum Gasteiger partial charge on any atom is -0.375 e. The summed E-state index contributed by atoms with van der Waals surface area (Å²) >= 11 is 0. The van der Waals surface area contributed by atoms with Gasteiger partial charge in [0.05, 0.1) is 12.8 Å². The molecule has 0 spiro atoms. The molecule has 0 atom stereocenters.